The van der Waals surface area contributed by atoms with Crippen molar-refractivity contribution in [2.75, 3.05) is 6.61 Å². The summed E-state index contributed by atoms with van der Waals surface area (Å²) < 4.78 is 25.0. The van der Waals surface area contributed by atoms with E-state index >= 15 is 0 Å². The van der Waals surface area contributed by atoms with Crippen LogP contribution in [0.15, 0.2) is 0 Å². The van der Waals surface area contributed by atoms with Crippen LogP contribution in [0.4, 0.5) is 0 Å². The first-order valence-electron chi connectivity index (χ1n) is 7.10. The minimum atomic E-state index is -1.61. The highest BCUT2D eigenvalue weighted by Gasteiger charge is 2.52. The van der Waals surface area contributed by atoms with E-state index in [1.54, 1.807) is 0 Å². The molecule has 0 aromatic heterocycles. The Kier molecular flexibility index (Phi) is 7.11. The predicted molar refractivity (Wildman–Crippen MR) is 74.2 cm³/mol. The van der Waals surface area contributed by atoms with Gasteiger partial charge in [-0.15, -0.1) is 0 Å². The number of hydrogen-bond acceptors (Lipinski definition) is 10. The Labute approximate surface area is 137 Å². The normalized spacial score (nSPS) is 27.0. The van der Waals surface area contributed by atoms with Crippen LogP contribution in [0.1, 0.15) is 27.7 Å². The van der Waals surface area contributed by atoms with Crippen LogP contribution in [-0.2, 0) is 42.9 Å². The molecule has 1 saturated heterocycles. The Morgan fingerprint density at radius 2 is 1.46 bits per heavy atom. The van der Waals surface area contributed by atoms with Gasteiger partial charge in [0.25, 0.3) is 0 Å². The maximum atomic E-state index is 11.3. The van der Waals surface area contributed by atoms with Gasteiger partial charge in [0.1, 0.15) is 12.7 Å². The first-order chi connectivity index (χ1) is 11.1. The third kappa shape index (κ3) is 5.78. The van der Waals surface area contributed by atoms with E-state index in [0.29, 0.717) is 0 Å². The summed E-state index contributed by atoms with van der Waals surface area (Å²) in [6.07, 6.45) is -6.55. The van der Waals surface area contributed by atoms with E-state index in [1.165, 1.54) is 0 Å². The van der Waals surface area contributed by atoms with Crippen molar-refractivity contribution in [3.8, 4) is 0 Å². The van der Waals surface area contributed by atoms with Crippen molar-refractivity contribution in [2.45, 2.75) is 58.4 Å². The lowest BCUT2D eigenvalue weighted by molar-refractivity contribution is -0.184. The summed E-state index contributed by atoms with van der Waals surface area (Å²) in [7, 11) is 0. The fourth-order valence-corrected chi connectivity index (χ4v) is 2.22. The number of carbonyl (C=O) groups excluding carboxylic acids is 4. The van der Waals surface area contributed by atoms with Gasteiger partial charge in [0.05, 0.1) is 0 Å². The topological polar surface area (TPSA) is 135 Å². The molecule has 136 valence electrons. The molecule has 1 fully saturated rings. The van der Waals surface area contributed by atoms with Gasteiger partial charge in [-0.05, 0) is 0 Å². The number of ether oxygens (including phenoxy) is 5. The monoisotopic (exact) mass is 348 g/mol. The molecule has 0 radical (unpaired) electrons. The van der Waals surface area contributed by atoms with Gasteiger partial charge in [-0.1, -0.05) is 0 Å². The molecule has 10 heteroatoms. The molecular formula is C14H20O10. The molecule has 0 aromatic rings. The van der Waals surface area contributed by atoms with Crippen molar-refractivity contribution in [1.82, 2.24) is 0 Å². The molecule has 0 amide bonds. The van der Waals surface area contributed by atoms with E-state index in [4.69, 9.17) is 23.7 Å². The largest absolute Gasteiger partial charge is 0.462 e. The van der Waals surface area contributed by atoms with Gasteiger partial charge in [0.2, 0.25) is 0 Å². The van der Waals surface area contributed by atoms with Crippen molar-refractivity contribution in [2.24, 2.45) is 0 Å². The van der Waals surface area contributed by atoms with Crippen LogP contribution in [0, 0.1) is 0 Å². The molecule has 1 heterocycles. The predicted octanol–water partition coefficient (Wildman–Crippen LogP) is -0.938. The number of aliphatic hydroxyl groups is 1. The molecular weight excluding hydrogens is 328 g/mol. The summed E-state index contributed by atoms with van der Waals surface area (Å²) in [4.78, 5) is 44.7. The van der Waals surface area contributed by atoms with E-state index < -0.39 is 61.2 Å². The molecule has 1 aliphatic rings. The Morgan fingerprint density at radius 3 is 1.92 bits per heavy atom. The summed E-state index contributed by atoms with van der Waals surface area (Å²) in [5.41, 5.74) is 0. The summed E-state index contributed by atoms with van der Waals surface area (Å²) >= 11 is 0. The van der Waals surface area contributed by atoms with Crippen LogP contribution in [-0.4, -0.2) is 66.3 Å². The van der Waals surface area contributed by atoms with Gasteiger partial charge < -0.3 is 28.8 Å². The van der Waals surface area contributed by atoms with Crippen molar-refractivity contribution >= 4 is 23.9 Å². The number of rotatable bonds is 6. The molecule has 0 bridgehead atoms. The van der Waals surface area contributed by atoms with Crippen LogP contribution in [0.2, 0.25) is 0 Å². The Bertz CT molecular complexity index is 502. The van der Waals surface area contributed by atoms with Crippen molar-refractivity contribution in [3.05, 3.63) is 0 Å². The number of aliphatic hydroxyl groups excluding tert-OH is 1. The first kappa shape index (κ1) is 19.8. The second kappa shape index (κ2) is 8.60. The molecule has 0 spiro atoms. The standard InChI is InChI=1S/C14H20O10/c1-6(15)20-5-10(21-7(2)16)11-12(22-8(3)17)13(14(19)24-11)23-9(4)18/h10-14,19H,5H2,1-4H3/t10?,11-,12-,13+,14+/m0/s1. The lowest BCUT2D eigenvalue weighted by atomic mass is 10.1. The molecule has 1 aliphatic heterocycles. The Balaban J connectivity index is 3.03. The summed E-state index contributed by atoms with van der Waals surface area (Å²) in [6, 6.07) is 0. The smallest absolute Gasteiger partial charge is 0.303 e. The maximum absolute atomic E-state index is 11.3. The highest BCUT2D eigenvalue weighted by molar-refractivity contribution is 5.68. The number of hydrogen-bond donors (Lipinski definition) is 1. The van der Waals surface area contributed by atoms with E-state index in [1.807, 2.05) is 0 Å². The minimum Gasteiger partial charge on any atom is -0.462 e. The average molecular weight is 348 g/mol. The fourth-order valence-electron chi connectivity index (χ4n) is 2.22. The van der Waals surface area contributed by atoms with Gasteiger partial charge in [0.15, 0.2) is 24.6 Å². The van der Waals surface area contributed by atoms with E-state index in [2.05, 4.69) is 0 Å². The molecule has 1 unspecified atom stereocenters. The third-order valence-corrected chi connectivity index (χ3v) is 2.96. The Hall–Kier alpha value is -2.20. The highest BCUT2D eigenvalue weighted by atomic mass is 16.7. The van der Waals surface area contributed by atoms with E-state index in [0.717, 1.165) is 27.7 Å². The van der Waals surface area contributed by atoms with Gasteiger partial charge in [-0.2, -0.15) is 0 Å². The van der Waals surface area contributed by atoms with Gasteiger partial charge >= 0.3 is 23.9 Å². The quantitative estimate of drug-likeness (QED) is 0.473. The zero-order valence-corrected chi connectivity index (χ0v) is 13.7. The number of esters is 4. The molecule has 1 N–H and O–H groups in total. The average Bonchev–Trinajstić information content (AvgIpc) is 2.70. The number of carbonyl (C=O) groups is 4. The summed E-state index contributed by atoms with van der Waals surface area (Å²) in [5, 5.41) is 9.91. The van der Waals surface area contributed by atoms with E-state index in [9.17, 15) is 24.3 Å². The summed E-state index contributed by atoms with van der Waals surface area (Å²) in [5.74, 6) is -2.80. The van der Waals surface area contributed by atoms with Crippen molar-refractivity contribution in [1.29, 1.82) is 0 Å². The van der Waals surface area contributed by atoms with Crippen LogP contribution in [0.3, 0.4) is 0 Å². The lowest BCUT2D eigenvalue weighted by Crippen LogP contribution is -2.46. The molecule has 24 heavy (non-hydrogen) atoms. The van der Waals surface area contributed by atoms with Crippen molar-refractivity contribution < 1.29 is 48.0 Å². The van der Waals surface area contributed by atoms with Crippen LogP contribution < -0.4 is 0 Å². The van der Waals surface area contributed by atoms with Crippen LogP contribution >= 0.6 is 0 Å². The van der Waals surface area contributed by atoms with Crippen LogP contribution in [0.25, 0.3) is 0 Å². The van der Waals surface area contributed by atoms with Gasteiger partial charge in [0, 0.05) is 27.7 Å². The molecule has 1 rings (SSSR count). The van der Waals surface area contributed by atoms with Crippen LogP contribution in [0.5, 0.6) is 0 Å². The van der Waals surface area contributed by atoms with Crippen molar-refractivity contribution in [3.63, 3.8) is 0 Å². The second-order valence-corrected chi connectivity index (χ2v) is 5.09. The third-order valence-electron chi connectivity index (χ3n) is 2.96. The SMILES string of the molecule is CC(=O)OCC(OC(C)=O)[C@@H]1O[C@@H](O)[C@H](OC(C)=O)[C@H]1OC(C)=O. The van der Waals surface area contributed by atoms with Gasteiger partial charge in [-0.25, -0.2) is 0 Å². The fraction of sp³-hybridized carbons (Fsp3) is 0.714. The molecule has 0 aromatic carbocycles. The molecule has 0 aliphatic carbocycles. The minimum absolute atomic E-state index is 0.392. The van der Waals surface area contributed by atoms with E-state index in [-0.39, 0.29) is 0 Å². The zero-order chi connectivity index (χ0) is 18.4. The molecule has 10 nitrogen and oxygen atoms in total. The highest BCUT2D eigenvalue weighted by Crippen LogP contribution is 2.29. The molecule has 5 atom stereocenters. The zero-order valence-electron chi connectivity index (χ0n) is 13.7. The second-order valence-electron chi connectivity index (χ2n) is 5.09. The Morgan fingerprint density at radius 1 is 0.917 bits per heavy atom. The first-order valence-corrected chi connectivity index (χ1v) is 7.10. The maximum Gasteiger partial charge on any atom is 0.303 e. The summed E-state index contributed by atoms with van der Waals surface area (Å²) in [6.45, 7) is 4.10. The lowest BCUT2D eigenvalue weighted by Gasteiger charge is -2.27. The van der Waals surface area contributed by atoms with Gasteiger partial charge in [-0.3, -0.25) is 19.2 Å². The molecule has 0 saturated carbocycles.